The number of hydrogen-bond acceptors (Lipinski definition) is 3. The second-order valence-corrected chi connectivity index (χ2v) is 4.54. The van der Waals surface area contributed by atoms with Gasteiger partial charge in [-0.15, -0.1) is 0 Å². The van der Waals surface area contributed by atoms with E-state index in [4.69, 9.17) is 0 Å². The Labute approximate surface area is 102 Å². The number of aldehydes is 1. The topological polar surface area (TPSA) is 42.9 Å². The highest BCUT2D eigenvalue weighted by atomic mass is 79.9. The Morgan fingerprint density at radius 3 is 2.50 bits per heavy atom. The summed E-state index contributed by atoms with van der Waals surface area (Å²) < 4.78 is -0.914. The zero-order valence-electron chi connectivity index (χ0n) is 8.38. The normalized spacial score (nSPS) is 14.1. The number of hydrogen-bond donors (Lipinski definition) is 0. The monoisotopic (exact) mass is 276 g/mol. The summed E-state index contributed by atoms with van der Waals surface area (Å²) in [4.78, 5) is 19.4. The molecule has 80 valence electrons. The predicted octanol–water partition coefficient (Wildman–Crippen LogP) is 2.31. The third-order valence-corrected chi connectivity index (χ3v) is 3.34. The van der Waals surface area contributed by atoms with Crippen molar-refractivity contribution in [3.63, 3.8) is 0 Å². The summed E-state index contributed by atoms with van der Waals surface area (Å²) in [5.41, 5.74) is 1.42. The molecule has 2 rings (SSSR count). The Hall–Kier alpha value is -1.55. The van der Waals surface area contributed by atoms with Gasteiger partial charge < -0.3 is 4.79 Å². The molecule has 1 atom stereocenters. The van der Waals surface area contributed by atoms with E-state index in [0.29, 0.717) is 5.69 Å². The van der Waals surface area contributed by atoms with Gasteiger partial charge >= 0.3 is 0 Å². The number of benzene rings is 1. The van der Waals surface area contributed by atoms with Crippen molar-refractivity contribution >= 4 is 22.2 Å². The van der Waals surface area contributed by atoms with E-state index in [1.807, 2.05) is 30.3 Å². The number of halogens is 1. The molecule has 4 heteroatoms. The minimum absolute atomic E-state index is 0.580. The van der Waals surface area contributed by atoms with Gasteiger partial charge in [-0.2, -0.15) is 0 Å². The van der Waals surface area contributed by atoms with Gasteiger partial charge in [0, 0.05) is 12.4 Å². The second-order valence-electron chi connectivity index (χ2n) is 3.29. The van der Waals surface area contributed by atoms with Crippen LogP contribution in [0.25, 0.3) is 0 Å². The van der Waals surface area contributed by atoms with E-state index in [2.05, 4.69) is 25.9 Å². The predicted molar refractivity (Wildman–Crippen MR) is 64.2 cm³/mol. The van der Waals surface area contributed by atoms with Crippen LogP contribution in [0.3, 0.4) is 0 Å². The molecule has 16 heavy (non-hydrogen) atoms. The lowest BCUT2D eigenvalue weighted by Gasteiger charge is -2.20. The lowest BCUT2D eigenvalue weighted by molar-refractivity contribution is -0.109. The number of carbonyl (C=O) groups is 1. The van der Waals surface area contributed by atoms with Gasteiger partial charge in [0.25, 0.3) is 0 Å². The third kappa shape index (κ3) is 1.88. The van der Waals surface area contributed by atoms with Crippen molar-refractivity contribution in [3.8, 4) is 0 Å². The summed E-state index contributed by atoms with van der Waals surface area (Å²) in [5, 5.41) is 0. The van der Waals surface area contributed by atoms with Crippen molar-refractivity contribution in [2.75, 3.05) is 0 Å². The fraction of sp³-hybridized carbons (Fsp3) is 0.0833. The first kappa shape index (κ1) is 11.0. The van der Waals surface area contributed by atoms with Crippen molar-refractivity contribution in [1.82, 2.24) is 9.97 Å². The van der Waals surface area contributed by atoms with Crippen LogP contribution in [-0.4, -0.2) is 16.3 Å². The van der Waals surface area contributed by atoms with Crippen LogP contribution in [0.4, 0.5) is 0 Å². The van der Waals surface area contributed by atoms with Gasteiger partial charge in [0.05, 0.1) is 11.9 Å². The fourth-order valence-electron chi connectivity index (χ4n) is 1.44. The SMILES string of the molecule is O=C[C@](Br)(c1ccccc1)c1cnccn1. The Kier molecular flexibility index (Phi) is 3.10. The molecule has 0 fully saturated rings. The summed E-state index contributed by atoms with van der Waals surface area (Å²) in [6.07, 6.45) is 5.55. The summed E-state index contributed by atoms with van der Waals surface area (Å²) >= 11 is 3.43. The standard InChI is InChI=1S/C12H9BrN2O/c13-12(9-16,10-4-2-1-3-5-10)11-8-14-6-7-15-11/h1-9H/t12-/m0/s1. The highest BCUT2D eigenvalue weighted by Gasteiger charge is 2.32. The zero-order valence-corrected chi connectivity index (χ0v) is 9.96. The summed E-state index contributed by atoms with van der Waals surface area (Å²) in [6, 6.07) is 9.41. The van der Waals surface area contributed by atoms with Gasteiger partial charge in [-0.05, 0) is 5.56 Å². The van der Waals surface area contributed by atoms with Crippen molar-refractivity contribution in [3.05, 3.63) is 60.2 Å². The van der Waals surface area contributed by atoms with E-state index in [9.17, 15) is 4.79 Å². The second kappa shape index (κ2) is 4.53. The first-order chi connectivity index (χ1) is 7.77. The highest BCUT2D eigenvalue weighted by molar-refractivity contribution is 9.10. The van der Waals surface area contributed by atoms with Gasteiger partial charge in [-0.1, -0.05) is 46.3 Å². The van der Waals surface area contributed by atoms with Crippen LogP contribution in [0.15, 0.2) is 48.9 Å². The lowest BCUT2D eigenvalue weighted by atomic mass is 9.97. The minimum Gasteiger partial charge on any atom is -0.301 e. The molecule has 0 spiro atoms. The quantitative estimate of drug-likeness (QED) is 0.638. The number of aromatic nitrogens is 2. The van der Waals surface area contributed by atoms with E-state index in [-0.39, 0.29) is 0 Å². The average molecular weight is 277 g/mol. The molecule has 0 saturated heterocycles. The van der Waals surface area contributed by atoms with Crippen molar-refractivity contribution < 1.29 is 4.79 Å². The van der Waals surface area contributed by atoms with E-state index in [1.165, 1.54) is 0 Å². The van der Waals surface area contributed by atoms with Crippen LogP contribution in [0.1, 0.15) is 11.3 Å². The van der Waals surface area contributed by atoms with Gasteiger partial charge in [0.1, 0.15) is 10.6 Å². The smallest absolute Gasteiger partial charge is 0.149 e. The zero-order chi connectivity index (χ0) is 11.4. The van der Waals surface area contributed by atoms with E-state index in [1.54, 1.807) is 18.6 Å². The summed E-state index contributed by atoms with van der Waals surface area (Å²) in [5.74, 6) is 0. The lowest BCUT2D eigenvalue weighted by Crippen LogP contribution is -2.23. The maximum atomic E-state index is 11.3. The molecular formula is C12H9BrN2O. The molecule has 0 aliphatic heterocycles. The molecule has 1 aromatic heterocycles. The number of nitrogens with zero attached hydrogens (tertiary/aromatic N) is 2. The van der Waals surface area contributed by atoms with E-state index in [0.717, 1.165) is 11.8 Å². The number of alkyl halides is 1. The summed E-state index contributed by atoms with van der Waals surface area (Å²) in [6.45, 7) is 0. The van der Waals surface area contributed by atoms with Gasteiger partial charge in [0.2, 0.25) is 0 Å². The highest BCUT2D eigenvalue weighted by Crippen LogP contribution is 2.34. The maximum Gasteiger partial charge on any atom is 0.149 e. The van der Waals surface area contributed by atoms with Crippen LogP contribution >= 0.6 is 15.9 Å². The van der Waals surface area contributed by atoms with Crippen molar-refractivity contribution in [1.29, 1.82) is 0 Å². The Balaban J connectivity index is 2.53. The van der Waals surface area contributed by atoms with Crippen molar-refractivity contribution in [2.24, 2.45) is 0 Å². The molecule has 0 bridgehead atoms. The number of rotatable bonds is 3. The Morgan fingerprint density at radius 2 is 1.94 bits per heavy atom. The Morgan fingerprint density at radius 1 is 1.19 bits per heavy atom. The molecule has 0 unspecified atom stereocenters. The summed E-state index contributed by atoms with van der Waals surface area (Å²) in [7, 11) is 0. The molecule has 0 aliphatic rings. The van der Waals surface area contributed by atoms with Crippen LogP contribution in [0.2, 0.25) is 0 Å². The van der Waals surface area contributed by atoms with Crippen LogP contribution in [0.5, 0.6) is 0 Å². The molecule has 0 saturated carbocycles. The first-order valence-corrected chi connectivity index (χ1v) is 5.54. The van der Waals surface area contributed by atoms with Crippen molar-refractivity contribution in [2.45, 2.75) is 4.32 Å². The van der Waals surface area contributed by atoms with Crippen LogP contribution < -0.4 is 0 Å². The minimum atomic E-state index is -0.914. The molecule has 1 aromatic carbocycles. The number of carbonyl (C=O) groups excluding carboxylic acids is 1. The van der Waals surface area contributed by atoms with Gasteiger partial charge in [-0.3, -0.25) is 9.97 Å². The van der Waals surface area contributed by atoms with Gasteiger partial charge in [-0.25, -0.2) is 0 Å². The molecule has 1 heterocycles. The first-order valence-electron chi connectivity index (χ1n) is 4.74. The largest absolute Gasteiger partial charge is 0.301 e. The van der Waals surface area contributed by atoms with Crippen LogP contribution in [-0.2, 0) is 9.12 Å². The van der Waals surface area contributed by atoms with E-state index >= 15 is 0 Å². The average Bonchev–Trinajstić information content (AvgIpc) is 2.40. The third-order valence-electron chi connectivity index (χ3n) is 2.29. The molecule has 0 radical (unpaired) electrons. The molecule has 0 N–H and O–H groups in total. The fourth-order valence-corrected chi connectivity index (χ4v) is 1.91. The molecule has 2 aromatic rings. The maximum absolute atomic E-state index is 11.3. The van der Waals surface area contributed by atoms with Gasteiger partial charge in [0.15, 0.2) is 0 Å². The molecule has 0 amide bonds. The molecular weight excluding hydrogens is 268 g/mol. The van der Waals surface area contributed by atoms with Crippen LogP contribution in [0, 0.1) is 0 Å². The molecule has 0 aliphatic carbocycles. The van der Waals surface area contributed by atoms with E-state index < -0.39 is 4.32 Å². The molecule has 3 nitrogen and oxygen atoms in total. The Bertz CT molecular complexity index is 433.